The van der Waals surface area contributed by atoms with Crippen LogP contribution < -0.4 is 16.6 Å². The van der Waals surface area contributed by atoms with Crippen molar-refractivity contribution in [2.45, 2.75) is 13.3 Å². The van der Waals surface area contributed by atoms with Gasteiger partial charge in [-0.3, -0.25) is 20.2 Å². The van der Waals surface area contributed by atoms with Crippen molar-refractivity contribution in [1.29, 1.82) is 0 Å². The number of nitro groups is 1. The lowest BCUT2D eigenvalue weighted by molar-refractivity contribution is -0.385. The maximum absolute atomic E-state index is 11.1. The summed E-state index contributed by atoms with van der Waals surface area (Å²) < 4.78 is 1.59. The minimum absolute atomic E-state index is 0.108. The average Bonchev–Trinajstić information content (AvgIpc) is 2.83. The van der Waals surface area contributed by atoms with E-state index in [-0.39, 0.29) is 23.1 Å². The van der Waals surface area contributed by atoms with Crippen LogP contribution in [0, 0.1) is 17.0 Å². The van der Waals surface area contributed by atoms with Crippen LogP contribution in [0.3, 0.4) is 0 Å². The first-order valence-electron chi connectivity index (χ1n) is 6.09. The Morgan fingerprint density at radius 3 is 2.81 bits per heavy atom. The van der Waals surface area contributed by atoms with Crippen LogP contribution in [0.15, 0.2) is 6.33 Å². The lowest BCUT2D eigenvalue weighted by Gasteiger charge is -2.08. The zero-order chi connectivity index (χ0) is 15.4. The van der Waals surface area contributed by atoms with Gasteiger partial charge in [-0.05, 0) is 6.92 Å². The van der Waals surface area contributed by atoms with E-state index in [9.17, 15) is 10.1 Å². The molecule has 0 bridgehead atoms. The molecular weight excluding hydrogens is 278 g/mol. The highest BCUT2D eigenvalue weighted by Gasteiger charge is 2.21. The van der Waals surface area contributed by atoms with Crippen molar-refractivity contribution in [3.63, 3.8) is 0 Å². The van der Waals surface area contributed by atoms with E-state index in [0.29, 0.717) is 18.8 Å². The van der Waals surface area contributed by atoms with E-state index in [2.05, 4.69) is 30.8 Å². The third-order valence-electron chi connectivity index (χ3n) is 2.66. The monoisotopic (exact) mass is 293 g/mol. The molecule has 0 aliphatic carbocycles. The van der Waals surface area contributed by atoms with Gasteiger partial charge >= 0.3 is 5.69 Å². The molecule has 0 saturated carbocycles. The van der Waals surface area contributed by atoms with Gasteiger partial charge in [-0.25, -0.2) is 15.8 Å². The molecule has 0 saturated heterocycles. The number of nitrogen functional groups attached to an aromatic ring is 1. The summed E-state index contributed by atoms with van der Waals surface area (Å²) in [5.41, 5.74) is 2.32. The van der Waals surface area contributed by atoms with Gasteiger partial charge in [0.05, 0.1) is 4.92 Å². The number of nitrogens with zero attached hydrogens (tertiary/aromatic N) is 6. The highest BCUT2D eigenvalue weighted by molar-refractivity contribution is 5.60. The van der Waals surface area contributed by atoms with Gasteiger partial charge in [0.1, 0.15) is 12.0 Å². The van der Waals surface area contributed by atoms with Crippen LogP contribution >= 0.6 is 0 Å². The van der Waals surface area contributed by atoms with Crippen LogP contribution in [-0.4, -0.2) is 36.2 Å². The minimum atomic E-state index is -0.531. The van der Waals surface area contributed by atoms with Gasteiger partial charge in [-0.1, -0.05) is 0 Å². The van der Waals surface area contributed by atoms with Gasteiger partial charge in [0.15, 0.2) is 5.82 Å². The van der Waals surface area contributed by atoms with Gasteiger partial charge in [0, 0.05) is 20.0 Å². The summed E-state index contributed by atoms with van der Waals surface area (Å²) in [5, 5.41) is 18.1. The van der Waals surface area contributed by atoms with Crippen LogP contribution in [0.25, 0.3) is 0 Å². The van der Waals surface area contributed by atoms with Crippen molar-refractivity contribution in [2.75, 3.05) is 17.3 Å². The number of anilines is 2. The van der Waals surface area contributed by atoms with Crippen molar-refractivity contribution in [3.8, 4) is 0 Å². The van der Waals surface area contributed by atoms with Crippen LogP contribution in [0.2, 0.25) is 0 Å². The molecule has 0 radical (unpaired) electrons. The summed E-state index contributed by atoms with van der Waals surface area (Å²) in [6.45, 7) is 1.91. The lowest BCUT2D eigenvalue weighted by atomic mass is 10.3. The maximum atomic E-state index is 11.1. The number of hydrazine groups is 1. The van der Waals surface area contributed by atoms with E-state index in [4.69, 9.17) is 5.84 Å². The molecule has 0 atom stereocenters. The third kappa shape index (κ3) is 3.39. The van der Waals surface area contributed by atoms with Crippen molar-refractivity contribution in [3.05, 3.63) is 28.0 Å². The summed E-state index contributed by atoms with van der Waals surface area (Å²) in [7, 11) is 1.77. The molecule has 11 heteroatoms. The molecule has 112 valence electrons. The molecule has 0 fully saturated rings. The maximum Gasteiger partial charge on any atom is 0.332 e. The first-order chi connectivity index (χ1) is 10.0. The molecule has 0 spiro atoms. The SMILES string of the molecule is Cc1nc(NN)nc(NCCc2ncn(C)n2)c1[N+](=O)[O-]. The van der Waals surface area contributed by atoms with E-state index in [1.54, 1.807) is 18.1 Å². The molecule has 2 aromatic heterocycles. The zero-order valence-electron chi connectivity index (χ0n) is 11.6. The summed E-state index contributed by atoms with van der Waals surface area (Å²) >= 11 is 0. The molecule has 4 N–H and O–H groups in total. The van der Waals surface area contributed by atoms with Gasteiger partial charge < -0.3 is 5.32 Å². The zero-order valence-corrected chi connectivity index (χ0v) is 11.6. The normalized spacial score (nSPS) is 10.4. The highest BCUT2D eigenvalue weighted by atomic mass is 16.6. The second-order valence-electron chi connectivity index (χ2n) is 4.24. The average molecular weight is 293 g/mol. The Morgan fingerprint density at radius 1 is 1.48 bits per heavy atom. The van der Waals surface area contributed by atoms with Gasteiger partial charge in [0.25, 0.3) is 0 Å². The number of hydrogen-bond acceptors (Lipinski definition) is 9. The second kappa shape index (κ2) is 6.09. The van der Waals surface area contributed by atoms with Crippen LogP contribution in [-0.2, 0) is 13.5 Å². The van der Waals surface area contributed by atoms with Crippen molar-refractivity contribution >= 4 is 17.5 Å². The van der Waals surface area contributed by atoms with Gasteiger partial charge in [-0.15, -0.1) is 0 Å². The molecule has 0 unspecified atom stereocenters. The Balaban J connectivity index is 2.14. The number of hydrogen-bond donors (Lipinski definition) is 3. The van der Waals surface area contributed by atoms with Crippen molar-refractivity contribution in [1.82, 2.24) is 24.7 Å². The summed E-state index contributed by atoms with van der Waals surface area (Å²) in [6.07, 6.45) is 2.09. The Bertz CT molecular complexity index is 654. The van der Waals surface area contributed by atoms with Crippen LogP contribution in [0.1, 0.15) is 11.5 Å². The molecule has 2 heterocycles. The molecule has 0 aromatic carbocycles. The van der Waals surface area contributed by atoms with E-state index in [1.165, 1.54) is 6.92 Å². The molecule has 2 aromatic rings. The first-order valence-corrected chi connectivity index (χ1v) is 6.09. The Morgan fingerprint density at radius 2 is 2.24 bits per heavy atom. The molecule has 0 aliphatic rings. The summed E-state index contributed by atoms with van der Waals surface area (Å²) in [5.74, 6) is 6.09. The standard InChI is InChI=1S/C10H15N9O2/c1-6-8(19(20)21)9(15-10(14-6)16-11)12-4-3-7-13-5-18(2)17-7/h5H,3-4,11H2,1-2H3,(H2,12,14,15,16). The third-order valence-corrected chi connectivity index (χ3v) is 2.66. The molecule has 2 rings (SSSR count). The molecule has 0 aliphatic heterocycles. The minimum Gasteiger partial charge on any atom is -0.364 e. The number of nitrogens with two attached hydrogens (primary N) is 1. The smallest absolute Gasteiger partial charge is 0.332 e. The number of aromatic nitrogens is 5. The van der Waals surface area contributed by atoms with E-state index in [1.807, 2.05) is 0 Å². The molecular formula is C10H15N9O2. The highest BCUT2D eigenvalue weighted by Crippen LogP contribution is 2.26. The number of nitrogens with one attached hydrogen (secondary N) is 2. The predicted molar refractivity (Wildman–Crippen MR) is 74.4 cm³/mol. The van der Waals surface area contributed by atoms with Crippen molar-refractivity contribution < 1.29 is 4.92 Å². The lowest BCUT2D eigenvalue weighted by Crippen LogP contribution is -2.16. The largest absolute Gasteiger partial charge is 0.364 e. The number of aryl methyl sites for hydroxylation is 2. The first kappa shape index (κ1) is 14.6. The predicted octanol–water partition coefficient (Wildman–Crippen LogP) is -0.238. The topological polar surface area (TPSA) is 150 Å². The molecule has 21 heavy (non-hydrogen) atoms. The fourth-order valence-electron chi connectivity index (χ4n) is 1.76. The summed E-state index contributed by atoms with van der Waals surface area (Å²) in [6, 6.07) is 0. The van der Waals surface area contributed by atoms with E-state index >= 15 is 0 Å². The Labute approximate surface area is 119 Å². The molecule has 11 nitrogen and oxygen atoms in total. The van der Waals surface area contributed by atoms with Gasteiger partial charge in [0.2, 0.25) is 11.8 Å². The fraction of sp³-hybridized carbons (Fsp3) is 0.400. The van der Waals surface area contributed by atoms with Crippen LogP contribution in [0.4, 0.5) is 17.5 Å². The van der Waals surface area contributed by atoms with E-state index in [0.717, 1.165) is 0 Å². The van der Waals surface area contributed by atoms with E-state index < -0.39 is 4.92 Å². The Hall–Kier alpha value is -2.82. The molecule has 0 amide bonds. The Kier molecular flexibility index (Phi) is 4.23. The summed E-state index contributed by atoms with van der Waals surface area (Å²) in [4.78, 5) is 22.5. The second-order valence-corrected chi connectivity index (χ2v) is 4.24. The quantitative estimate of drug-likeness (QED) is 0.372. The van der Waals surface area contributed by atoms with Gasteiger partial charge in [-0.2, -0.15) is 10.1 Å². The fourth-order valence-corrected chi connectivity index (χ4v) is 1.76. The van der Waals surface area contributed by atoms with Crippen molar-refractivity contribution in [2.24, 2.45) is 12.9 Å². The van der Waals surface area contributed by atoms with Crippen LogP contribution in [0.5, 0.6) is 0 Å². The number of rotatable bonds is 6.